The molecule has 170 valence electrons. The summed E-state index contributed by atoms with van der Waals surface area (Å²) >= 11 is 6.20. The number of nitrogens with zero attached hydrogens (tertiary/aromatic N) is 3. The number of ether oxygens (including phenoxy) is 1. The van der Waals surface area contributed by atoms with Gasteiger partial charge < -0.3 is 10.1 Å². The Bertz CT molecular complexity index is 1320. The fourth-order valence-electron chi connectivity index (χ4n) is 3.16. The average molecular weight is 481 g/mol. The van der Waals surface area contributed by atoms with Crippen molar-refractivity contribution in [1.29, 1.82) is 0 Å². The van der Waals surface area contributed by atoms with Crippen molar-refractivity contribution in [3.8, 4) is 11.5 Å². The third kappa shape index (κ3) is 4.95. The fourth-order valence-corrected chi connectivity index (χ4v) is 3.40. The smallest absolute Gasteiger partial charge is 0.420 e. The number of pyridine rings is 1. The van der Waals surface area contributed by atoms with E-state index in [9.17, 15) is 22.0 Å². The number of rotatable bonds is 6. The molecular weight excluding hydrogens is 467 g/mol. The van der Waals surface area contributed by atoms with Gasteiger partial charge in [-0.1, -0.05) is 17.7 Å². The zero-order valence-corrected chi connectivity index (χ0v) is 17.4. The molecule has 4 rings (SSSR count). The highest BCUT2D eigenvalue weighted by Gasteiger charge is 2.34. The Morgan fingerprint density at radius 3 is 2.52 bits per heavy atom. The summed E-state index contributed by atoms with van der Waals surface area (Å²) in [7, 11) is 0. The number of nitrogens with one attached hydrogen (secondary N) is 1. The van der Waals surface area contributed by atoms with Crippen molar-refractivity contribution in [3.05, 3.63) is 82.9 Å². The molecule has 0 atom stereocenters. The molecule has 0 unspecified atom stereocenters. The average Bonchev–Trinajstić information content (AvgIpc) is 2.78. The molecule has 33 heavy (non-hydrogen) atoms. The molecule has 2 aromatic carbocycles. The van der Waals surface area contributed by atoms with Crippen LogP contribution in [0.3, 0.4) is 0 Å². The summed E-state index contributed by atoms with van der Waals surface area (Å²) in [5.74, 6) is -1.62. The van der Waals surface area contributed by atoms with Crippen LogP contribution in [-0.4, -0.2) is 21.5 Å². The number of aromatic nitrogens is 3. The molecule has 0 amide bonds. The molecule has 0 bridgehead atoms. The zero-order chi connectivity index (χ0) is 23.6. The molecule has 0 saturated heterocycles. The predicted molar refractivity (Wildman–Crippen MR) is 112 cm³/mol. The molecule has 2 heterocycles. The maximum atomic E-state index is 14.2. The van der Waals surface area contributed by atoms with E-state index in [2.05, 4.69) is 20.3 Å². The zero-order valence-electron chi connectivity index (χ0n) is 16.6. The van der Waals surface area contributed by atoms with Gasteiger partial charge in [0, 0.05) is 12.7 Å². The van der Waals surface area contributed by atoms with Crippen LogP contribution >= 0.6 is 11.6 Å². The van der Waals surface area contributed by atoms with Crippen LogP contribution in [0.5, 0.6) is 11.5 Å². The van der Waals surface area contributed by atoms with Crippen LogP contribution in [0.2, 0.25) is 5.02 Å². The first-order chi connectivity index (χ1) is 15.7. The third-order valence-electron chi connectivity index (χ3n) is 4.70. The van der Waals surface area contributed by atoms with Gasteiger partial charge in [-0.15, -0.1) is 0 Å². The van der Waals surface area contributed by atoms with E-state index in [1.54, 1.807) is 12.1 Å². The van der Waals surface area contributed by atoms with Crippen LogP contribution in [0.15, 0.2) is 55.1 Å². The maximum absolute atomic E-state index is 14.2. The first-order valence-electron chi connectivity index (χ1n) is 9.54. The highest BCUT2D eigenvalue weighted by molar-refractivity contribution is 6.32. The molecule has 2 aromatic heterocycles. The van der Waals surface area contributed by atoms with E-state index >= 15 is 0 Å². The quantitative estimate of drug-likeness (QED) is 0.323. The second-order valence-electron chi connectivity index (χ2n) is 6.89. The summed E-state index contributed by atoms with van der Waals surface area (Å²) < 4.78 is 72.8. The van der Waals surface area contributed by atoms with Crippen LogP contribution in [0.4, 0.5) is 27.8 Å². The molecule has 1 N–H and O–H groups in total. The van der Waals surface area contributed by atoms with E-state index in [1.165, 1.54) is 6.07 Å². The van der Waals surface area contributed by atoms with Crippen LogP contribution in [-0.2, 0) is 12.6 Å². The number of hydrogen-bond donors (Lipinski definition) is 1. The van der Waals surface area contributed by atoms with Crippen molar-refractivity contribution in [3.63, 3.8) is 0 Å². The predicted octanol–water partition coefficient (Wildman–Crippen LogP) is 6.42. The van der Waals surface area contributed by atoms with Crippen LogP contribution in [0.1, 0.15) is 11.1 Å². The molecule has 11 heteroatoms. The summed E-state index contributed by atoms with van der Waals surface area (Å²) in [6, 6.07) is 7.42. The van der Waals surface area contributed by atoms with E-state index in [0.717, 1.165) is 42.5 Å². The van der Waals surface area contributed by atoms with Crippen LogP contribution in [0, 0.1) is 11.6 Å². The van der Waals surface area contributed by atoms with E-state index in [0.29, 0.717) is 13.0 Å². The van der Waals surface area contributed by atoms with Gasteiger partial charge in [-0.3, -0.25) is 4.98 Å². The SMILES string of the molecule is Fc1ccc(F)c2c(NCCc3ccc(Oc4cnccc4C(F)(F)F)c(Cl)c3)ncnc12. The highest BCUT2D eigenvalue weighted by Crippen LogP contribution is 2.39. The molecule has 0 aliphatic rings. The van der Waals surface area contributed by atoms with Gasteiger partial charge >= 0.3 is 6.18 Å². The highest BCUT2D eigenvalue weighted by atomic mass is 35.5. The normalized spacial score (nSPS) is 11.6. The topological polar surface area (TPSA) is 59.9 Å². The van der Waals surface area contributed by atoms with Crippen molar-refractivity contribution in [2.24, 2.45) is 0 Å². The minimum Gasteiger partial charge on any atom is -0.454 e. The number of halogens is 6. The molecular formula is C22H14ClF5N4O. The number of hydrogen-bond acceptors (Lipinski definition) is 5. The Morgan fingerprint density at radius 2 is 1.76 bits per heavy atom. The Balaban J connectivity index is 1.46. The Morgan fingerprint density at radius 1 is 0.970 bits per heavy atom. The number of anilines is 1. The van der Waals surface area contributed by atoms with E-state index in [1.807, 2.05) is 0 Å². The number of fused-ring (bicyclic) bond motifs is 1. The fraction of sp³-hybridized carbons (Fsp3) is 0.136. The molecule has 0 fully saturated rings. The van der Waals surface area contributed by atoms with Gasteiger partial charge in [-0.25, -0.2) is 18.7 Å². The first-order valence-corrected chi connectivity index (χ1v) is 9.92. The van der Waals surface area contributed by atoms with Crippen molar-refractivity contribution in [1.82, 2.24) is 15.0 Å². The Hall–Kier alpha value is -3.53. The van der Waals surface area contributed by atoms with Crippen molar-refractivity contribution in [2.45, 2.75) is 12.6 Å². The van der Waals surface area contributed by atoms with Gasteiger partial charge in [-0.05, 0) is 42.3 Å². The van der Waals surface area contributed by atoms with Crippen molar-refractivity contribution in [2.75, 3.05) is 11.9 Å². The molecule has 0 aliphatic heterocycles. The van der Waals surface area contributed by atoms with E-state index in [-0.39, 0.29) is 27.5 Å². The molecule has 5 nitrogen and oxygen atoms in total. The lowest BCUT2D eigenvalue weighted by Gasteiger charge is -2.14. The second kappa shape index (κ2) is 9.14. The summed E-state index contributed by atoms with van der Waals surface area (Å²) in [6.45, 7) is 0.291. The Kier molecular flexibility index (Phi) is 6.28. The molecule has 0 radical (unpaired) electrons. The van der Waals surface area contributed by atoms with Gasteiger partial charge in [-0.2, -0.15) is 13.2 Å². The summed E-state index contributed by atoms with van der Waals surface area (Å²) in [4.78, 5) is 11.4. The van der Waals surface area contributed by atoms with Gasteiger partial charge in [0.2, 0.25) is 0 Å². The minimum absolute atomic E-state index is 0.0335. The van der Waals surface area contributed by atoms with Crippen LogP contribution < -0.4 is 10.1 Å². The molecule has 0 aliphatic carbocycles. The monoisotopic (exact) mass is 480 g/mol. The van der Waals surface area contributed by atoms with Gasteiger partial charge in [0.05, 0.1) is 16.6 Å². The van der Waals surface area contributed by atoms with Gasteiger partial charge in [0.15, 0.2) is 5.75 Å². The maximum Gasteiger partial charge on any atom is 0.420 e. The summed E-state index contributed by atoms with van der Waals surface area (Å²) in [6.07, 6.45) is -1.09. The van der Waals surface area contributed by atoms with E-state index < -0.39 is 29.1 Å². The lowest BCUT2D eigenvalue weighted by molar-refractivity contribution is -0.138. The second-order valence-corrected chi connectivity index (χ2v) is 7.30. The van der Waals surface area contributed by atoms with E-state index in [4.69, 9.17) is 16.3 Å². The minimum atomic E-state index is -4.61. The standard InChI is InChI=1S/C22H14ClF5N4O/c23-14-9-12(1-4-17(14)33-18-10-29-7-6-13(18)22(26,27)28)5-8-30-21-19-15(24)2-3-16(25)20(19)31-11-32-21/h1-4,6-7,9-11H,5,8H2,(H,30,31,32). The molecule has 0 spiro atoms. The largest absolute Gasteiger partial charge is 0.454 e. The lowest BCUT2D eigenvalue weighted by Crippen LogP contribution is -2.08. The van der Waals surface area contributed by atoms with Crippen molar-refractivity contribution < 1.29 is 26.7 Å². The molecule has 4 aromatic rings. The lowest BCUT2D eigenvalue weighted by atomic mass is 10.1. The third-order valence-corrected chi connectivity index (χ3v) is 5.00. The van der Waals surface area contributed by atoms with Gasteiger partial charge in [0.25, 0.3) is 0 Å². The summed E-state index contributed by atoms with van der Waals surface area (Å²) in [5.41, 5.74) is -0.375. The van der Waals surface area contributed by atoms with Crippen LogP contribution in [0.25, 0.3) is 10.9 Å². The first kappa shape index (κ1) is 22.7. The number of benzene rings is 2. The number of alkyl halides is 3. The Labute approximate surface area is 189 Å². The van der Waals surface area contributed by atoms with Gasteiger partial charge in [0.1, 0.15) is 40.6 Å². The summed E-state index contributed by atoms with van der Waals surface area (Å²) in [5, 5.41) is 2.98. The van der Waals surface area contributed by atoms with Crippen molar-refractivity contribution >= 4 is 28.3 Å². The molecule has 0 saturated carbocycles.